The maximum Gasteiger partial charge on any atom is 0.317 e. The van der Waals surface area contributed by atoms with Gasteiger partial charge >= 0.3 is 6.03 Å². The average Bonchev–Trinajstić information content (AvgIpc) is 2.54. The van der Waals surface area contributed by atoms with Gasteiger partial charge in [-0.1, -0.05) is 30.3 Å². The van der Waals surface area contributed by atoms with Gasteiger partial charge in [-0.15, -0.1) is 12.4 Å². The summed E-state index contributed by atoms with van der Waals surface area (Å²) in [5.74, 6) is 0. The van der Waals surface area contributed by atoms with E-state index in [1.54, 1.807) is 0 Å². The van der Waals surface area contributed by atoms with E-state index < -0.39 is 0 Å². The van der Waals surface area contributed by atoms with Crippen LogP contribution in [0.3, 0.4) is 0 Å². The molecule has 1 aromatic rings. The summed E-state index contributed by atoms with van der Waals surface area (Å²) < 4.78 is 0. The second-order valence-corrected chi connectivity index (χ2v) is 3.14. The third-order valence-electron chi connectivity index (χ3n) is 2.16. The molecule has 1 N–H and O–H groups in total. The molecule has 3 nitrogen and oxygen atoms in total. The molecule has 14 heavy (non-hydrogen) atoms. The molecule has 0 bridgehead atoms. The predicted molar refractivity (Wildman–Crippen MR) is 57.5 cm³/mol. The van der Waals surface area contributed by atoms with Crippen molar-refractivity contribution < 1.29 is 4.79 Å². The van der Waals surface area contributed by atoms with Gasteiger partial charge in [0.15, 0.2) is 0 Å². The molecule has 0 atom stereocenters. The van der Waals surface area contributed by atoms with Crippen molar-refractivity contribution in [2.45, 2.75) is 6.54 Å². The Kier molecular flexibility index (Phi) is 3.77. The second-order valence-electron chi connectivity index (χ2n) is 3.14. The lowest BCUT2D eigenvalue weighted by atomic mass is 10.2. The van der Waals surface area contributed by atoms with Crippen molar-refractivity contribution in [1.82, 2.24) is 10.2 Å². The van der Waals surface area contributed by atoms with Gasteiger partial charge in [-0.2, -0.15) is 0 Å². The van der Waals surface area contributed by atoms with Crippen LogP contribution in [-0.2, 0) is 6.54 Å². The maximum atomic E-state index is 11.2. The minimum absolute atomic E-state index is 0. The zero-order chi connectivity index (χ0) is 9.10. The van der Waals surface area contributed by atoms with Gasteiger partial charge in [0, 0.05) is 19.6 Å². The highest BCUT2D eigenvalue weighted by Crippen LogP contribution is 2.06. The van der Waals surface area contributed by atoms with E-state index in [1.165, 1.54) is 5.56 Å². The topological polar surface area (TPSA) is 32.3 Å². The average molecular weight is 213 g/mol. The van der Waals surface area contributed by atoms with Crippen LogP contribution in [0.5, 0.6) is 0 Å². The standard InChI is InChI=1S/C10H12N2O.ClH/c13-10-11-6-7-12(10)8-9-4-2-1-3-5-9;/h1-5H,6-8H2,(H,11,13);1H. The van der Waals surface area contributed by atoms with E-state index in [4.69, 9.17) is 0 Å². The van der Waals surface area contributed by atoms with E-state index in [2.05, 4.69) is 5.32 Å². The number of carbonyl (C=O) groups is 1. The van der Waals surface area contributed by atoms with Crippen LogP contribution in [-0.4, -0.2) is 24.0 Å². The van der Waals surface area contributed by atoms with Crippen molar-refractivity contribution in [3.05, 3.63) is 35.9 Å². The van der Waals surface area contributed by atoms with E-state index in [0.29, 0.717) is 6.54 Å². The highest BCUT2D eigenvalue weighted by atomic mass is 35.5. The lowest BCUT2D eigenvalue weighted by Crippen LogP contribution is -2.27. The van der Waals surface area contributed by atoms with Crippen LogP contribution >= 0.6 is 12.4 Å². The van der Waals surface area contributed by atoms with Crippen molar-refractivity contribution in [3.8, 4) is 0 Å². The highest BCUT2D eigenvalue weighted by molar-refractivity contribution is 5.85. The van der Waals surface area contributed by atoms with Gasteiger partial charge in [0.1, 0.15) is 0 Å². The number of amides is 2. The molecule has 0 spiro atoms. The van der Waals surface area contributed by atoms with E-state index in [9.17, 15) is 4.79 Å². The highest BCUT2D eigenvalue weighted by Gasteiger charge is 2.18. The summed E-state index contributed by atoms with van der Waals surface area (Å²) >= 11 is 0. The summed E-state index contributed by atoms with van der Waals surface area (Å²) in [4.78, 5) is 13.0. The second kappa shape index (κ2) is 4.86. The smallest absolute Gasteiger partial charge is 0.317 e. The minimum Gasteiger partial charge on any atom is -0.336 e. The zero-order valence-corrected chi connectivity index (χ0v) is 8.59. The third kappa shape index (κ3) is 2.39. The molecule has 2 amide bonds. The van der Waals surface area contributed by atoms with Crippen molar-refractivity contribution in [3.63, 3.8) is 0 Å². The Morgan fingerprint density at radius 2 is 2.00 bits per heavy atom. The van der Waals surface area contributed by atoms with Crippen LogP contribution in [0.1, 0.15) is 5.56 Å². The van der Waals surface area contributed by atoms with Crippen molar-refractivity contribution in [2.24, 2.45) is 0 Å². The van der Waals surface area contributed by atoms with E-state index in [0.717, 1.165) is 13.1 Å². The van der Waals surface area contributed by atoms with Gasteiger partial charge in [-0.05, 0) is 5.56 Å². The zero-order valence-electron chi connectivity index (χ0n) is 7.77. The molecule has 0 unspecified atom stereocenters. The Labute approximate surface area is 89.5 Å². The first-order chi connectivity index (χ1) is 6.36. The molecule has 4 heteroatoms. The van der Waals surface area contributed by atoms with Crippen LogP contribution in [0.15, 0.2) is 30.3 Å². The van der Waals surface area contributed by atoms with Crippen molar-refractivity contribution in [2.75, 3.05) is 13.1 Å². The third-order valence-corrected chi connectivity index (χ3v) is 2.16. The molecule has 0 aliphatic carbocycles. The molecule has 0 radical (unpaired) electrons. The monoisotopic (exact) mass is 212 g/mol. The number of rotatable bonds is 2. The number of hydrogen-bond donors (Lipinski definition) is 1. The van der Waals surface area contributed by atoms with Crippen LogP contribution < -0.4 is 5.32 Å². The largest absolute Gasteiger partial charge is 0.336 e. The Hall–Kier alpha value is -1.22. The predicted octanol–water partition coefficient (Wildman–Crippen LogP) is 1.63. The fourth-order valence-electron chi connectivity index (χ4n) is 1.47. The van der Waals surface area contributed by atoms with E-state index >= 15 is 0 Å². The molecule has 1 heterocycles. The number of urea groups is 1. The molecule has 0 saturated carbocycles. The van der Waals surface area contributed by atoms with Crippen LogP contribution in [0.4, 0.5) is 4.79 Å². The quantitative estimate of drug-likeness (QED) is 0.794. The molecular formula is C10H13ClN2O. The summed E-state index contributed by atoms with van der Waals surface area (Å²) in [6.07, 6.45) is 0. The minimum atomic E-state index is 0. The number of nitrogens with one attached hydrogen (secondary N) is 1. The number of halogens is 1. The van der Waals surface area contributed by atoms with Gasteiger partial charge in [0.25, 0.3) is 0 Å². The van der Waals surface area contributed by atoms with E-state index in [-0.39, 0.29) is 18.4 Å². The molecule has 1 fully saturated rings. The molecule has 0 aromatic heterocycles. The molecule has 1 aromatic carbocycles. The SMILES string of the molecule is Cl.O=C1NCCN1Cc1ccccc1. The van der Waals surface area contributed by atoms with Crippen LogP contribution in [0.25, 0.3) is 0 Å². The molecule has 76 valence electrons. The summed E-state index contributed by atoms with van der Waals surface area (Å²) in [7, 11) is 0. The van der Waals surface area contributed by atoms with Gasteiger partial charge in [-0.3, -0.25) is 0 Å². The molecule has 1 aliphatic rings. The molecule has 1 aliphatic heterocycles. The fraction of sp³-hybridized carbons (Fsp3) is 0.300. The Bertz CT molecular complexity index is 302. The first-order valence-electron chi connectivity index (χ1n) is 4.43. The number of benzene rings is 1. The lowest BCUT2D eigenvalue weighted by Gasteiger charge is -2.13. The molecule has 1 saturated heterocycles. The maximum absolute atomic E-state index is 11.2. The van der Waals surface area contributed by atoms with Crippen LogP contribution in [0, 0.1) is 0 Å². The van der Waals surface area contributed by atoms with Crippen molar-refractivity contribution >= 4 is 18.4 Å². The number of carbonyl (C=O) groups excluding carboxylic acids is 1. The van der Waals surface area contributed by atoms with Crippen molar-refractivity contribution in [1.29, 1.82) is 0 Å². The summed E-state index contributed by atoms with van der Waals surface area (Å²) in [6.45, 7) is 2.30. The first-order valence-corrected chi connectivity index (χ1v) is 4.43. The number of nitrogens with zero attached hydrogens (tertiary/aromatic N) is 1. The Balaban J connectivity index is 0.000000980. The summed E-state index contributed by atoms with van der Waals surface area (Å²) in [6, 6.07) is 10.1. The first kappa shape index (κ1) is 10.9. The van der Waals surface area contributed by atoms with Crippen LogP contribution in [0.2, 0.25) is 0 Å². The Morgan fingerprint density at radius 3 is 2.57 bits per heavy atom. The molecule has 2 rings (SSSR count). The number of hydrogen-bond acceptors (Lipinski definition) is 1. The normalized spacial score (nSPS) is 14.9. The van der Waals surface area contributed by atoms with Gasteiger partial charge < -0.3 is 10.2 Å². The Morgan fingerprint density at radius 1 is 1.29 bits per heavy atom. The summed E-state index contributed by atoms with van der Waals surface area (Å²) in [5, 5.41) is 2.78. The fourth-order valence-corrected chi connectivity index (χ4v) is 1.47. The van der Waals surface area contributed by atoms with E-state index in [1.807, 2.05) is 35.2 Å². The van der Waals surface area contributed by atoms with Gasteiger partial charge in [-0.25, -0.2) is 4.79 Å². The summed E-state index contributed by atoms with van der Waals surface area (Å²) in [5.41, 5.74) is 1.18. The lowest BCUT2D eigenvalue weighted by molar-refractivity contribution is 0.215. The van der Waals surface area contributed by atoms with Gasteiger partial charge in [0.05, 0.1) is 0 Å². The van der Waals surface area contributed by atoms with Gasteiger partial charge in [0.2, 0.25) is 0 Å². The molecular weight excluding hydrogens is 200 g/mol.